The number of nitro benzene ring substituents is 1. The summed E-state index contributed by atoms with van der Waals surface area (Å²) in [6, 6.07) is 8.01. The first kappa shape index (κ1) is 18.9. The lowest BCUT2D eigenvalue weighted by Crippen LogP contribution is -2.43. The number of benzene rings is 1. The van der Waals surface area contributed by atoms with E-state index in [0.717, 1.165) is 11.4 Å². The van der Waals surface area contributed by atoms with Gasteiger partial charge in [0, 0.05) is 24.7 Å². The molecule has 0 aliphatic rings. The predicted octanol–water partition coefficient (Wildman–Crippen LogP) is 1.06. The second kappa shape index (κ2) is 8.60. The van der Waals surface area contributed by atoms with Gasteiger partial charge in [0.05, 0.1) is 10.6 Å². The number of hydrazine groups is 1. The molecule has 10 heteroatoms. The molecule has 0 aliphatic heterocycles. The van der Waals surface area contributed by atoms with Crippen molar-refractivity contribution in [1.82, 2.24) is 20.6 Å². The Morgan fingerprint density at radius 1 is 1.19 bits per heavy atom. The maximum absolute atomic E-state index is 11.8. The monoisotopic (exact) mass is 360 g/mol. The highest BCUT2D eigenvalue weighted by molar-refractivity contribution is 5.82. The van der Waals surface area contributed by atoms with E-state index in [2.05, 4.69) is 21.3 Å². The largest absolute Gasteiger partial charge is 0.379 e. The van der Waals surface area contributed by atoms with Crippen LogP contribution in [0.3, 0.4) is 0 Å². The van der Waals surface area contributed by atoms with Crippen molar-refractivity contribution in [2.75, 3.05) is 11.9 Å². The van der Waals surface area contributed by atoms with Gasteiger partial charge >= 0.3 is 0 Å². The molecule has 26 heavy (non-hydrogen) atoms. The summed E-state index contributed by atoms with van der Waals surface area (Å²) >= 11 is 0. The molecule has 2 amide bonds. The van der Waals surface area contributed by atoms with E-state index in [0.29, 0.717) is 5.69 Å². The molecular weight excluding hydrogens is 340 g/mol. The summed E-state index contributed by atoms with van der Waals surface area (Å²) in [5, 5.41) is 17.9. The smallest absolute Gasteiger partial charge is 0.292 e. The van der Waals surface area contributed by atoms with E-state index in [1.807, 2.05) is 19.9 Å². The molecule has 2 aromatic rings. The first-order chi connectivity index (χ1) is 12.4. The number of aromatic nitrogens is 2. The first-order valence-electron chi connectivity index (χ1n) is 7.93. The predicted molar refractivity (Wildman–Crippen MR) is 94.2 cm³/mol. The number of hydrogen-bond acceptors (Lipinski definition) is 6. The lowest BCUT2D eigenvalue weighted by molar-refractivity contribution is -0.384. The van der Waals surface area contributed by atoms with E-state index in [4.69, 9.17) is 0 Å². The number of rotatable bonds is 7. The summed E-state index contributed by atoms with van der Waals surface area (Å²) in [6.45, 7) is 3.84. The molecule has 0 unspecified atom stereocenters. The van der Waals surface area contributed by atoms with Gasteiger partial charge in [0.1, 0.15) is 12.2 Å². The third-order valence-corrected chi connectivity index (χ3v) is 3.51. The van der Waals surface area contributed by atoms with Crippen molar-refractivity contribution in [2.45, 2.75) is 26.8 Å². The minimum absolute atomic E-state index is 0.00554. The minimum Gasteiger partial charge on any atom is -0.379 e. The van der Waals surface area contributed by atoms with Crippen molar-refractivity contribution in [2.24, 2.45) is 0 Å². The number of amides is 2. The molecule has 0 atom stereocenters. The highest BCUT2D eigenvalue weighted by Gasteiger charge is 2.12. The Bertz CT molecular complexity index is 817. The van der Waals surface area contributed by atoms with Crippen LogP contribution in [-0.4, -0.2) is 33.1 Å². The van der Waals surface area contributed by atoms with Crippen molar-refractivity contribution in [3.63, 3.8) is 0 Å². The molecule has 1 heterocycles. The van der Waals surface area contributed by atoms with Gasteiger partial charge in [-0.25, -0.2) is 0 Å². The van der Waals surface area contributed by atoms with Gasteiger partial charge in [0.15, 0.2) is 0 Å². The van der Waals surface area contributed by atoms with Crippen molar-refractivity contribution in [3.8, 4) is 0 Å². The topological polar surface area (TPSA) is 131 Å². The molecule has 0 saturated heterocycles. The Hall–Kier alpha value is -3.43. The fourth-order valence-electron chi connectivity index (χ4n) is 2.31. The van der Waals surface area contributed by atoms with Crippen LogP contribution in [0.2, 0.25) is 0 Å². The average Bonchev–Trinajstić information content (AvgIpc) is 2.90. The Balaban J connectivity index is 1.73. The number of nitro groups is 1. The summed E-state index contributed by atoms with van der Waals surface area (Å²) < 4.78 is 1.53. The lowest BCUT2D eigenvalue weighted by atomic mass is 10.2. The van der Waals surface area contributed by atoms with E-state index in [-0.39, 0.29) is 25.2 Å². The maximum Gasteiger partial charge on any atom is 0.292 e. The van der Waals surface area contributed by atoms with Gasteiger partial charge in [-0.05, 0) is 26.0 Å². The van der Waals surface area contributed by atoms with Crippen LogP contribution in [0.1, 0.15) is 17.8 Å². The summed E-state index contributed by atoms with van der Waals surface area (Å²) in [6.07, 6.45) is 0.0340. The van der Waals surface area contributed by atoms with Gasteiger partial charge in [-0.2, -0.15) is 5.10 Å². The van der Waals surface area contributed by atoms with Crippen LogP contribution >= 0.6 is 0 Å². The highest BCUT2D eigenvalue weighted by atomic mass is 16.6. The van der Waals surface area contributed by atoms with Crippen LogP contribution in [0.25, 0.3) is 0 Å². The number of carbonyl (C=O) groups excluding carboxylic acids is 2. The fraction of sp³-hybridized carbons (Fsp3) is 0.312. The summed E-state index contributed by atoms with van der Waals surface area (Å²) in [7, 11) is 0. The first-order valence-corrected chi connectivity index (χ1v) is 7.93. The molecule has 0 spiro atoms. The normalized spacial score (nSPS) is 10.2. The Kier molecular flexibility index (Phi) is 6.25. The minimum atomic E-state index is -0.498. The van der Waals surface area contributed by atoms with Crippen molar-refractivity contribution in [1.29, 1.82) is 0 Å². The van der Waals surface area contributed by atoms with Crippen molar-refractivity contribution in [3.05, 3.63) is 51.8 Å². The number of aryl methyl sites for hydroxylation is 2. The lowest BCUT2D eigenvalue weighted by Gasteiger charge is -2.09. The zero-order chi connectivity index (χ0) is 19.1. The van der Waals surface area contributed by atoms with E-state index in [1.54, 1.807) is 18.2 Å². The molecular formula is C16H20N6O4. The summed E-state index contributed by atoms with van der Waals surface area (Å²) in [5.41, 5.74) is 6.53. The molecule has 0 fully saturated rings. The van der Waals surface area contributed by atoms with Crippen LogP contribution in [0.5, 0.6) is 0 Å². The zero-order valence-corrected chi connectivity index (χ0v) is 14.5. The molecule has 10 nitrogen and oxygen atoms in total. The highest BCUT2D eigenvalue weighted by Crippen LogP contribution is 2.22. The van der Waals surface area contributed by atoms with Gasteiger partial charge < -0.3 is 5.32 Å². The second-order valence-corrected chi connectivity index (χ2v) is 5.63. The molecule has 0 radical (unpaired) electrons. The Morgan fingerprint density at radius 2 is 1.88 bits per heavy atom. The van der Waals surface area contributed by atoms with E-state index < -0.39 is 16.7 Å². The molecule has 138 valence electrons. The maximum atomic E-state index is 11.8. The van der Waals surface area contributed by atoms with E-state index in [9.17, 15) is 19.7 Å². The van der Waals surface area contributed by atoms with Crippen molar-refractivity contribution >= 4 is 23.2 Å². The van der Waals surface area contributed by atoms with Crippen molar-refractivity contribution < 1.29 is 14.5 Å². The third kappa shape index (κ3) is 5.30. The number of nitrogens with one attached hydrogen (secondary N) is 3. The number of nitrogens with zero attached hydrogens (tertiary/aromatic N) is 3. The third-order valence-electron chi connectivity index (χ3n) is 3.51. The van der Waals surface area contributed by atoms with Crippen LogP contribution in [0.4, 0.5) is 11.4 Å². The summed E-state index contributed by atoms with van der Waals surface area (Å²) in [4.78, 5) is 34.0. The fourth-order valence-corrected chi connectivity index (χ4v) is 2.31. The second-order valence-electron chi connectivity index (χ2n) is 5.63. The zero-order valence-electron chi connectivity index (χ0n) is 14.5. The van der Waals surface area contributed by atoms with Gasteiger partial charge in [-0.15, -0.1) is 0 Å². The molecule has 2 rings (SSSR count). The Labute approximate surface area is 149 Å². The summed E-state index contributed by atoms with van der Waals surface area (Å²) in [5.74, 6) is -0.825. The number of hydrogen-bond donors (Lipinski definition) is 3. The van der Waals surface area contributed by atoms with E-state index in [1.165, 1.54) is 10.7 Å². The number of para-hydroxylation sites is 2. The molecule has 3 N–H and O–H groups in total. The van der Waals surface area contributed by atoms with Gasteiger partial charge in [-0.3, -0.25) is 35.2 Å². The van der Waals surface area contributed by atoms with Crippen LogP contribution in [0.15, 0.2) is 30.3 Å². The number of carbonyl (C=O) groups is 2. The quantitative estimate of drug-likeness (QED) is 0.500. The Morgan fingerprint density at radius 3 is 2.54 bits per heavy atom. The average molecular weight is 360 g/mol. The van der Waals surface area contributed by atoms with Crippen LogP contribution in [-0.2, 0) is 16.1 Å². The molecule has 0 aliphatic carbocycles. The SMILES string of the molecule is Cc1cc(C)n(CC(=O)NNC(=O)CCNc2ccccc2[N+](=O)[O-])n1. The molecule has 0 saturated carbocycles. The molecule has 0 bridgehead atoms. The van der Waals surface area contributed by atoms with Crippen LogP contribution in [0, 0.1) is 24.0 Å². The standard InChI is InChI=1S/C16H20N6O4/c1-11-9-12(2)21(20-11)10-16(24)19-18-15(23)7-8-17-13-5-3-4-6-14(13)22(25)26/h3-6,9,17H,7-8,10H2,1-2H3,(H,18,23)(H,19,24). The molecule has 1 aromatic heterocycles. The molecule has 1 aromatic carbocycles. The number of anilines is 1. The van der Waals surface area contributed by atoms with Gasteiger partial charge in [0.25, 0.3) is 11.6 Å². The van der Waals surface area contributed by atoms with E-state index >= 15 is 0 Å². The van der Waals surface area contributed by atoms with Gasteiger partial charge in [0.2, 0.25) is 5.91 Å². The van der Waals surface area contributed by atoms with Crippen LogP contribution < -0.4 is 16.2 Å². The van der Waals surface area contributed by atoms with Gasteiger partial charge in [-0.1, -0.05) is 12.1 Å².